The standard InChI is InChI=1S/C9H12N2S/c1-6(2)9(11)8-4-3-7(5-10)12-8/h3-4,6,9H,11H2,1-2H3/t9-/m1/s1. The quantitative estimate of drug-likeness (QED) is 0.759. The van der Waals surface area contributed by atoms with Gasteiger partial charge in [0.25, 0.3) is 0 Å². The third-order valence-corrected chi connectivity index (χ3v) is 2.87. The first-order chi connectivity index (χ1) is 5.65. The van der Waals surface area contributed by atoms with E-state index in [-0.39, 0.29) is 6.04 Å². The van der Waals surface area contributed by atoms with Crippen molar-refractivity contribution in [1.29, 1.82) is 5.26 Å². The largest absolute Gasteiger partial charge is 0.323 e. The number of hydrogen-bond acceptors (Lipinski definition) is 3. The molecule has 1 heterocycles. The Bertz CT molecular complexity index is 296. The average molecular weight is 180 g/mol. The van der Waals surface area contributed by atoms with Gasteiger partial charge in [0.15, 0.2) is 0 Å². The molecule has 0 aliphatic carbocycles. The van der Waals surface area contributed by atoms with Crippen LogP contribution in [0.1, 0.15) is 29.6 Å². The molecule has 0 fully saturated rings. The van der Waals surface area contributed by atoms with E-state index < -0.39 is 0 Å². The SMILES string of the molecule is CC(C)[C@@H](N)c1ccc(C#N)s1. The summed E-state index contributed by atoms with van der Waals surface area (Å²) >= 11 is 1.48. The molecule has 0 saturated carbocycles. The second kappa shape index (κ2) is 3.70. The number of rotatable bonds is 2. The fraction of sp³-hybridized carbons (Fsp3) is 0.444. The van der Waals surface area contributed by atoms with Crippen LogP contribution in [-0.2, 0) is 0 Å². The van der Waals surface area contributed by atoms with Crippen LogP contribution in [0.15, 0.2) is 12.1 Å². The van der Waals surface area contributed by atoms with Gasteiger partial charge in [-0.3, -0.25) is 0 Å². The summed E-state index contributed by atoms with van der Waals surface area (Å²) in [6.07, 6.45) is 0. The molecule has 64 valence electrons. The molecule has 0 saturated heterocycles. The summed E-state index contributed by atoms with van der Waals surface area (Å²) in [7, 11) is 0. The zero-order valence-corrected chi connectivity index (χ0v) is 8.06. The minimum Gasteiger partial charge on any atom is -0.323 e. The average Bonchev–Trinajstić information content (AvgIpc) is 2.50. The molecule has 1 atom stereocenters. The highest BCUT2D eigenvalue weighted by Crippen LogP contribution is 2.25. The van der Waals surface area contributed by atoms with Gasteiger partial charge in [-0.05, 0) is 18.1 Å². The molecule has 1 rings (SSSR count). The summed E-state index contributed by atoms with van der Waals surface area (Å²) < 4.78 is 0. The predicted molar refractivity (Wildman–Crippen MR) is 50.8 cm³/mol. The lowest BCUT2D eigenvalue weighted by molar-refractivity contribution is 0.521. The normalized spacial score (nSPS) is 12.9. The van der Waals surface area contributed by atoms with Crippen molar-refractivity contribution in [2.45, 2.75) is 19.9 Å². The van der Waals surface area contributed by atoms with Gasteiger partial charge in [0.05, 0.1) is 0 Å². The molecule has 0 amide bonds. The molecule has 0 aliphatic heterocycles. The molecule has 0 spiro atoms. The highest BCUT2D eigenvalue weighted by atomic mass is 32.1. The van der Waals surface area contributed by atoms with Gasteiger partial charge in [0.1, 0.15) is 10.9 Å². The number of nitrogens with zero attached hydrogens (tertiary/aromatic N) is 1. The summed E-state index contributed by atoms with van der Waals surface area (Å²) in [5.74, 6) is 0.426. The Hall–Kier alpha value is -0.850. The molecule has 2 N–H and O–H groups in total. The minimum atomic E-state index is 0.0668. The number of nitriles is 1. The van der Waals surface area contributed by atoms with E-state index in [1.807, 2.05) is 12.1 Å². The van der Waals surface area contributed by atoms with Crippen molar-refractivity contribution < 1.29 is 0 Å². The molecule has 1 aromatic heterocycles. The van der Waals surface area contributed by atoms with Gasteiger partial charge in [-0.25, -0.2) is 0 Å². The Morgan fingerprint density at radius 1 is 1.50 bits per heavy atom. The third kappa shape index (κ3) is 1.84. The summed E-state index contributed by atoms with van der Waals surface area (Å²) in [5.41, 5.74) is 5.91. The van der Waals surface area contributed by atoms with Crippen molar-refractivity contribution >= 4 is 11.3 Å². The lowest BCUT2D eigenvalue weighted by Gasteiger charge is -2.12. The Labute approximate surface area is 76.6 Å². The predicted octanol–water partition coefficient (Wildman–Crippen LogP) is 2.28. The van der Waals surface area contributed by atoms with Crippen LogP contribution in [0.5, 0.6) is 0 Å². The maximum atomic E-state index is 8.59. The molecular weight excluding hydrogens is 168 g/mol. The fourth-order valence-corrected chi connectivity index (χ4v) is 1.90. The van der Waals surface area contributed by atoms with E-state index in [1.165, 1.54) is 11.3 Å². The van der Waals surface area contributed by atoms with Crippen LogP contribution in [0.3, 0.4) is 0 Å². The molecule has 0 bridgehead atoms. The Morgan fingerprint density at radius 3 is 2.58 bits per heavy atom. The van der Waals surface area contributed by atoms with Crippen LogP contribution in [0, 0.1) is 17.2 Å². The summed E-state index contributed by atoms with van der Waals surface area (Å²) in [5, 5.41) is 8.59. The molecule has 0 unspecified atom stereocenters. The first-order valence-electron chi connectivity index (χ1n) is 3.90. The number of hydrogen-bond donors (Lipinski definition) is 1. The minimum absolute atomic E-state index is 0.0668. The first-order valence-corrected chi connectivity index (χ1v) is 4.72. The van der Waals surface area contributed by atoms with Gasteiger partial charge < -0.3 is 5.73 Å². The molecule has 1 aromatic rings. The molecular formula is C9H12N2S. The van der Waals surface area contributed by atoms with Crippen molar-refractivity contribution in [2.24, 2.45) is 11.7 Å². The van der Waals surface area contributed by atoms with Crippen LogP contribution >= 0.6 is 11.3 Å². The van der Waals surface area contributed by atoms with E-state index in [9.17, 15) is 0 Å². The lowest BCUT2D eigenvalue weighted by Crippen LogP contribution is -2.14. The van der Waals surface area contributed by atoms with E-state index >= 15 is 0 Å². The maximum absolute atomic E-state index is 8.59. The second-order valence-electron chi connectivity index (χ2n) is 3.08. The van der Waals surface area contributed by atoms with Crippen molar-refractivity contribution in [3.8, 4) is 6.07 Å². The Kier molecular flexibility index (Phi) is 2.85. The third-order valence-electron chi connectivity index (χ3n) is 1.78. The maximum Gasteiger partial charge on any atom is 0.110 e. The monoisotopic (exact) mass is 180 g/mol. The van der Waals surface area contributed by atoms with E-state index in [1.54, 1.807) is 0 Å². The molecule has 3 heteroatoms. The van der Waals surface area contributed by atoms with Gasteiger partial charge >= 0.3 is 0 Å². The summed E-state index contributed by atoms with van der Waals surface area (Å²) in [6, 6.07) is 5.93. The molecule has 12 heavy (non-hydrogen) atoms. The zero-order valence-electron chi connectivity index (χ0n) is 7.24. The van der Waals surface area contributed by atoms with E-state index in [0.29, 0.717) is 5.92 Å². The highest BCUT2D eigenvalue weighted by molar-refractivity contribution is 7.12. The van der Waals surface area contributed by atoms with Crippen LogP contribution in [0.2, 0.25) is 0 Å². The van der Waals surface area contributed by atoms with Gasteiger partial charge in [-0.2, -0.15) is 5.26 Å². The smallest absolute Gasteiger partial charge is 0.110 e. The molecule has 0 radical (unpaired) electrons. The highest BCUT2D eigenvalue weighted by Gasteiger charge is 2.12. The van der Waals surface area contributed by atoms with Crippen LogP contribution in [0.4, 0.5) is 0 Å². The lowest BCUT2D eigenvalue weighted by atomic mass is 10.0. The summed E-state index contributed by atoms with van der Waals surface area (Å²) in [6.45, 7) is 4.16. The fourth-order valence-electron chi connectivity index (χ4n) is 0.921. The number of nitrogens with two attached hydrogens (primary N) is 1. The molecule has 0 aromatic carbocycles. The van der Waals surface area contributed by atoms with Crippen molar-refractivity contribution in [3.63, 3.8) is 0 Å². The van der Waals surface area contributed by atoms with E-state index in [2.05, 4.69) is 19.9 Å². The van der Waals surface area contributed by atoms with Gasteiger partial charge in [-0.15, -0.1) is 11.3 Å². The van der Waals surface area contributed by atoms with Gasteiger partial charge in [-0.1, -0.05) is 13.8 Å². The summed E-state index contributed by atoms with van der Waals surface area (Å²) in [4.78, 5) is 1.84. The Balaban J connectivity index is 2.83. The Morgan fingerprint density at radius 2 is 2.17 bits per heavy atom. The van der Waals surface area contributed by atoms with Crippen LogP contribution in [-0.4, -0.2) is 0 Å². The molecule has 0 aliphatic rings. The molecule has 2 nitrogen and oxygen atoms in total. The topological polar surface area (TPSA) is 49.8 Å². The van der Waals surface area contributed by atoms with Crippen molar-refractivity contribution in [3.05, 3.63) is 21.9 Å². The van der Waals surface area contributed by atoms with Crippen molar-refractivity contribution in [1.82, 2.24) is 0 Å². The number of thiophene rings is 1. The van der Waals surface area contributed by atoms with E-state index in [4.69, 9.17) is 11.0 Å². The zero-order chi connectivity index (χ0) is 9.14. The van der Waals surface area contributed by atoms with Crippen LogP contribution < -0.4 is 5.73 Å². The van der Waals surface area contributed by atoms with Crippen LogP contribution in [0.25, 0.3) is 0 Å². The second-order valence-corrected chi connectivity index (χ2v) is 4.20. The van der Waals surface area contributed by atoms with E-state index in [0.717, 1.165) is 9.75 Å². The first kappa shape index (κ1) is 9.24. The van der Waals surface area contributed by atoms with Crippen molar-refractivity contribution in [2.75, 3.05) is 0 Å². The van der Waals surface area contributed by atoms with Gasteiger partial charge in [0.2, 0.25) is 0 Å². The van der Waals surface area contributed by atoms with Gasteiger partial charge in [0, 0.05) is 10.9 Å².